The van der Waals surface area contributed by atoms with Crippen LogP contribution in [0.3, 0.4) is 0 Å². The normalized spacial score (nSPS) is 14.5. The Kier molecular flexibility index (Phi) is 2.15. The highest BCUT2D eigenvalue weighted by molar-refractivity contribution is 5.77. The number of aromatic nitrogens is 1. The van der Waals surface area contributed by atoms with Crippen molar-refractivity contribution in [2.45, 2.75) is 18.9 Å². The first-order chi connectivity index (χ1) is 6.85. The quantitative estimate of drug-likeness (QED) is 0.671. The van der Waals surface area contributed by atoms with Crippen LogP contribution in [0.15, 0.2) is 12.3 Å². The lowest BCUT2D eigenvalue weighted by molar-refractivity contribution is 0.111. The minimum atomic E-state index is 0.144. The van der Waals surface area contributed by atoms with Gasteiger partial charge in [0.2, 0.25) is 0 Å². The van der Waals surface area contributed by atoms with E-state index in [1.807, 2.05) is 6.07 Å². The minimum Gasteiger partial charge on any atom is -0.489 e. The molecule has 1 aromatic rings. The van der Waals surface area contributed by atoms with E-state index in [4.69, 9.17) is 10.00 Å². The molecule has 1 saturated carbocycles. The molecule has 2 rings (SSSR count). The maximum atomic E-state index is 10.6. The van der Waals surface area contributed by atoms with Gasteiger partial charge in [-0.25, -0.2) is 0 Å². The lowest BCUT2D eigenvalue weighted by atomic mass is 10.2. The Bertz CT molecular complexity index is 405. The van der Waals surface area contributed by atoms with Gasteiger partial charge in [-0.2, -0.15) is 5.26 Å². The molecular weight excluding hydrogens is 180 g/mol. The van der Waals surface area contributed by atoms with Gasteiger partial charge >= 0.3 is 0 Å². The van der Waals surface area contributed by atoms with Crippen molar-refractivity contribution in [1.82, 2.24) is 4.98 Å². The van der Waals surface area contributed by atoms with Gasteiger partial charge in [0, 0.05) is 6.20 Å². The fourth-order valence-electron chi connectivity index (χ4n) is 1.12. The summed E-state index contributed by atoms with van der Waals surface area (Å²) in [7, 11) is 0. The van der Waals surface area contributed by atoms with Gasteiger partial charge in [0.15, 0.2) is 6.29 Å². The van der Waals surface area contributed by atoms with Gasteiger partial charge in [0.05, 0.1) is 6.10 Å². The predicted molar refractivity (Wildman–Crippen MR) is 48.0 cm³/mol. The topological polar surface area (TPSA) is 63.0 Å². The van der Waals surface area contributed by atoms with Crippen LogP contribution < -0.4 is 4.74 Å². The third-order valence-electron chi connectivity index (χ3n) is 1.98. The zero-order valence-corrected chi connectivity index (χ0v) is 7.43. The van der Waals surface area contributed by atoms with Crippen LogP contribution in [0.4, 0.5) is 0 Å². The van der Waals surface area contributed by atoms with Crippen LogP contribution in [0.25, 0.3) is 0 Å². The monoisotopic (exact) mass is 188 g/mol. The fourth-order valence-corrected chi connectivity index (χ4v) is 1.12. The molecule has 0 spiro atoms. The highest BCUT2D eigenvalue weighted by Gasteiger charge is 2.25. The van der Waals surface area contributed by atoms with Crippen LogP contribution in [0.5, 0.6) is 5.75 Å². The number of pyridine rings is 1. The summed E-state index contributed by atoms with van der Waals surface area (Å²) in [6.07, 6.45) is 4.29. The summed E-state index contributed by atoms with van der Waals surface area (Å²) in [5.41, 5.74) is 0.375. The molecule has 0 aromatic carbocycles. The summed E-state index contributed by atoms with van der Waals surface area (Å²) in [5, 5.41) is 8.83. The molecule has 0 amide bonds. The van der Waals surface area contributed by atoms with Gasteiger partial charge < -0.3 is 4.74 Å². The van der Waals surface area contributed by atoms with E-state index in [1.54, 1.807) is 6.07 Å². The van der Waals surface area contributed by atoms with E-state index in [0.29, 0.717) is 12.0 Å². The van der Waals surface area contributed by atoms with E-state index in [-0.39, 0.29) is 17.4 Å². The van der Waals surface area contributed by atoms with Crippen molar-refractivity contribution < 1.29 is 9.53 Å². The summed E-state index contributed by atoms with van der Waals surface area (Å²) in [5.74, 6) is 0.465. The average Bonchev–Trinajstić information content (AvgIpc) is 3.01. The summed E-state index contributed by atoms with van der Waals surface area (Å²) in [4.78, 5) is 14.4. The molecule has 0 bridgehead atoms. The second kappa shape index (κ2) is 3.46. The van der Waals surface area contributed by atoms with E-state index < -0.39 is 0 Å². The smallest absolute Gasteiger partial charge is 0.169 e. The molecule has 1 heterocycles. The number of nitriles is 1. The molecule has 0 atom stereocenters. The Morgan fingerprint density at radius 3 is 3.00 bits per heavy atom. The number of hydrogen-bond donors (Lipinski definition) is 0. The third kappa shape index (κ3) is 1.57. The molecule has 0 unspecified atom stereocenters. The highest BCUT2D eigenvalue weighted by Crippen LogP contribution is 2.29. The Labute approximate surface area is 81.1 Å². The van der Waals surface area contributed by atoms with E-state index >= 15 is 0 Å². The average molecular weight is 188 g/mol. The molecule has 1 fully saturated rings. The Morgan fingerprint density at radius 2 is 2.43 bits per heavy atom. The number of nitrogens with zero attached hydrogens (tertiary/aromatic N) is 2. The Hall–Kier alpha value is -1.89. The van der Waals surface area contributed by atoms with E-state index in [1.165, 1.54) is 6.20 Å². The largest absolute Gasteiger partial charge is 0.489 e. The van der Waals surface area contributed by atoms with Crippen LogP contribution in [0.1, 0.15) is 28.9 Å². The lowest BCUT2D eigenvalue weighted by Crippen LogP contribution is -2.01. The molecule has 4 nitrogen and oxygen atoms in total. The van der Waals surface area contributed by atoms with E-state index in [9.17, 15) is 4.79 Å². The van der Waals surface area contributed by atoms with Crippen molar-refractivity contribution in [2.24, 2.45) is 0 Å². The highest BCUT2D eigenvalue weighted by atomic mass is 16.5. The first-order valence-corrected chi connectivity index (χ1v) is 4.36. The predicted octanol–water partition coefficient (Wildman–Crippen LogP) is 1.31. The molecule has 0 aliphatic heterocycles. The molecule has 1 aliphatic rings. The SMILES string of the molecule is N#Cc1c(OC2CC2)ccnc1C=O. The first kappa shape index (κ1) is 8.70. The molecule has 14 heavy (non-hydrogen) atoms. The van der Waals surface area contributed by atoms with Crippen molar-refractivity contribution in [3.63, 3.8) is 0 Å². The zero-order chi connectivity index (χ0) is 9.97. The van der Waals surface area contributed by atoms with E-state index in [0.717, 1.165) is 12.8 Å². The standard InChI is InChI=1S/C10H8N2O2/c11-5-8-9(6-13)12-4-3-10(8)14-7-1-2-7/h3-4,6-7H,1-2H2. The minimum absolute atomic E-state index is 0.144. The number of rotatable bonds is 3. The Balaban J connectivity index is 2.37. The van der Waals surface area contributed by atoms with Gasteiger partial charge in [-0.3, -0.25) is 9.78 Å². The fraction of sp³-hybridized carbons (Fsp3) is 0.300. The van der Waals surface area contributed by atoms with Crippen molar-refractivity contribution in [2.75, 3.05) is 0 Å². The van der Waals surface area contributed by atoms with Gasteiger partial charge in [-0.1, -0.05) is 0 Å². The van der Waals surface area contributed by atoms with Gasteiger partial charge in [0.25, 0.3) is 0 Å². The molecule has 0 radical (unpaired) electrons. The Morgan fingerprint density at radius 1 is 1.64 bits per heavy atom. The summed E-state index contributed by atoms with van der Waals surface area (Å²) >= 11 is 0. The van der Waals surface area contributed by atoms with Crippen molar-refractivity contribution in [3.8, 4) is 11.8 Å². The number of aldehydes is 1. The molecule has 1 aliphatic carbocycles. The molecule has 0 saturated heterocycles. The lowest BCUT2D eigenvalue weighted by Gasteiger charge is -2.06. The van der Waals surface area contributed by atoms with Crippen molar-refractivity contribution in [1.29, 1.82) is 5.26 Å². The van der Waals surface area contributed by atoms with Crippen LogP contribution in [-0.2, 0) is 0 Å². The summed E-state index contributed by atoms with van der Waals surface area (Å²) in [6, 6.07) is 3.54. The van der Waals surface area contributed by atoms with Crippen LogP contribution in [0.2, 0.25) is 0 Å². The van der Waals surface area contributed by atoms with Crippen LogP contribution >= 0.6 is 0 Å². The van der Waals surface area contributed by atoms with Gasteiger partial charge in [-0.05, 0) is 18.9 Å². The summed E-state index contributed by atoms with van der Waals surface area (Å²) in [6.45, 7) is 0. The third-order valence-corrected chi connectivity index (χ3v) is 1.98. The first-order valence-electron chi connectivity index (χ1n) is 4.36. The van der Waals surface area contributed by atoms with Crippen molar-refractivity contribution >= 4 is 6.29 Å². The van der Waals surface area contributed by atoms with Crippen LogP contribution in [0, 0.1) is 11.3 Å². The molecular formula is C10H8N2O2. The maximum absolute atomic E-state index is 10.6. The molecule has 4 heteroatoms. The second-order valence-corrected chi connectivity index (χ2v) is 3.12. The maximum Gasteiger partial charge on any atom is 0.169 e. The molecule has 0 N–H and O–H groups in total. The zero-order valence-electron chi connectivity index (χ0n) is 7.43. The number of ether oxygens (including phenoxy) is 1. The molecule has 1 aromatic heterocycles. The number of carbonyl (C=O) groups is 1. The number of carbonyl (C=O) groups excluding carboxylic acids is 1. The van der Waals surface area contributed by atoms with Gasteiger partial charge in [-0.15, -0.1) is 0 Å². The molecule has 70 valence electrons. The summed E-state index contributed by atoms with van der Waals surface area (Å²) < 4.78 is 5.47. The number of hydrogen-bond acceptors (Lipinski definition) is 4. The van der Waals surface area contributed by atoms with Crippen molar-refractivity contribution in [3.05, 3.63) is 23.5 Å². The van der Waals surface area contributed by atoms with Crippen LogP contribution in [-0.4, -0.2) is 17.4 Å². The second-order valence-electron chi connectivity index (χ2n) is 3.12. The van der Waals surface area contributed by atoms with Gasteiger partial charge in [0.1, 0.15) is 23.1 Å². The van der Waals surface area contributed by atoms with E-state index in [2.05, 4.69) is 4.98 Å².